The van der Waals surface area contributed by atoms with E-state index in [1.807, 2.05) is 16.6 Å². The molecule has 3 rings (SSSR count). The van der Waals surface area contributed by atoms with Gasteiger partial charge in [0.15, 0.2) is 11.5 Å². The summed E-state index contributed by atoms with van der Waals surface area (Å²) in [5.41, 5.74) is 0.830. The smallest absolute Gasteiger partial charge is 0.177 e. The van der Waals surface area contributed by atoms with Gasteiger partial charge in [-0.1, -0.05) is 12.8 Å². The van der Waals surface area contributed by atoms with Gasteiger partial charge in [-0.15, -0.1) is 10.2 Å². The average Bonchev–Trinajstić information content (AvgIpc) is 2.59. The molecule has 0 amide bonds. The molecule has 90 valence electrons. The van der Waals surface area contributed by atoms with Crippen LogP contribution in [0.25, 0.3) is 5.65 Å². The zero-order valence-corrected chi connectivity index (χ0v) is 9.84. The number of rotatable bonds is 2. The maximum atomic E-state index is 4.29. The molecule has 0 saturated carbocycles. The fraction of sp³-hybridized carbons (Fsp3) is 0.583. The Kier molecular flexibility index (Phi) is 3.00. The van der Waals surface area contributed by atoms with Gasteiger partial charge in [0.2, 0.25) is 0 Å². The first kappa shape index (κ1) is 10.7. The van der Waals surface area contributed by atoms with E-state index in [-0.39, 0.29) is 0 Å². The van der Waals surface area contributed by atoms with E-state index in [0.717, 1.165) is 24.4 Å². The minimum absolute atomic E-state index is 0.520. The number of nitrogens with one attached hydrogen (secondary N) is 1. The van der Waals surface area contributed by atoms with Crippen molar-refractivity contribution in [3.05, 3.63) is 24.2 Å². The maximum Gasteiger partial charge on any atom is 0.177 e. The van der Waals surface area contributed by atoms with Crippen molar-refractivity contribution in [2.24, 2.45) is 0 Å². The first-order chi connectivity index (χ1) is 8.43. The van der Waals surface area contributed by atoms with E-state index in [1.165, 1.54) is 25.7 Å². The largest absolute Gasteiger partial charge is 0.314 e. The quantitative estimate of drug-likeness (QED) is 0.843. The second kappa shape index (κ2) is 4.79. The number of hydrogen-bond acceptors (Lipinski definition) is 4. The number of hydrogen-bond donors (Lipinski definition) is 1. The van der Waals surface area contributed by atoms with Gasteiger partial charge in [-0.3, -0.25) is 0 Å². The molecule has 2 aromatic heterocycles. The molecule has 1 aliphatic heterocycles. The summed E-state index contributed by atoms with van der Waals surface area (Å²) < 4.78 is 1.84. The molecule has 1 saturated heterocycles. The highest BCUT2D eigenvalue weighted by molar-refractivity contribution is 5.34. The molecule has 0 aliphatic carbocycles. The molecule has 1 atom stereocenters. The highest BCUT2D eigenvalue weighted by Crippen LogP contribution is 2.12. The van der Waals surface area contributed by atoms with Crippen molar-refractivity contribution in [2.75, 3.05) is 6.54 Å². The SMILES string of the molecule is c1cnn2c(CC3CCCCCN3)nnc2c1. The lowest BCUT2D eigenvalue weighted by molar-refractivity contribution is 0.492. The summed E-state index contributed by atoms with van der Waals surface area (Å²) >= 11 is 0. The summed E-state index contributed by atoms with van der Waals surface area (Å²) in [6.45, 7) is 1.12. The third kappa shape index (κ3) is 2.29. The van der Waals surface area contributed by atoms with E-state index in [1.54, 1.807) is 6.20 Å². The van der Waals surface area contributed by atoms with E-state index in [0.29, 0.717) is 6.04 Å². The van der Waals surface area contributed by atoms with Gasteiger partial charge < -0.3 is 5.32 Å². The van der Waals surface area contributed by atoms with E-state index in [9.17, 15) is 0 Å². The zero-order valence-electron chi connectivity index (χ0n) is 9.84. The molecule has 0 aromatic carbocycles. The van der Waals surface area contributed by atoms with E-state index < -0.39 is 0 Å². The molecule has 1 aliphatic rings. The van der Waals surface area contributed by atoms with Crippen LogP contribution < -0.4 is 5.32 Å². The second-order valence-corrected chi connectivity index (χ2v) is 4.61. The Morgan fingerprint density at radius 1 is 1.29 bits per heavy atom. The molecule has 2 aromatic rings. The average molecular weight is 231 g/mol. The predicted molar refractivity (Wildman–Crippen MR) is 64.7 cm³/mol. The minimum atomic E-state index is 0.520. The Morgan fingerprint density at radius 3 is 3.29 bits per heavy atom. The van der Waals surface area contributed by atoms with Crippen molar-refractivity contribution in [1.82, 2.24) is 25.1 Å². The fourth-order valence-electron chi connectivity index (χ4n) is 2.41. The molecule has 17 heavy (non-hydrogen) atoms. The van der Waals surface area contributed by atoms with Crippen LogP contribution in [0.3, 0.4) is 0 Å². The maximum absolute atomic E-state index is 4.29. The molecule has 0 spiro atoms. The highest BCUT2D eigenvalue weighted by Gasteiger charge is 2.15. The first-order valence-corrected chi connectivity index (χ1v) is 6.32. The van der Waals surface area contributed by atoms with Crippen LogP contribution in [-0.2, 0) is 6.42 Å². The summed E-state index contributed by atoms with van der Waals surface area (Å²) in [7, 11) is 0. The van der Waals surface area contributed by atoms with Crippen LogP contribution in [0.1, 0.15) is 31.5 Å². The van der Waals surface area contributed by atoms with Gasteiger partial charge in [0.25, 0.3) is 0 Å². The lowest BCUT2D eigenvalue weighted by Crippen LogP contribution is -2.31. The molecule has 1 fully saturated rings. The van der Waals surface area contributed by atoms with Crippen molar-refractivity contribution in [1.29, 1.82) is 0 Å². The van der Waals surface area contributed by atoms with Crippen LogP contribution in [-0.4, -0.2) is 32.4 Å². The molecule has 3 heterocycles. The van der Waals surface area contributed by atoms with E-state index >= 15 is 0 Å². The number of fused-ring (bicyclic) bond motifs is 1. The molecule has 1 N–H and O–H groups in total. The number of aromatic nitrogens is 4. The molecular formula is C12H17N5. The van der Waals surface area contributed by atoms with Crippen LogP contribution in [0.4, 0.5) is 0 Å². The third-order valence-electron chi connectivity index (χ3n) is 3.33. The van der Waals surface area contributed by atoms with Gasteiger partial charge in [0.05, 0.1) is 0 Å². The zero-order chi connectivity index (χ0) is 11.5. The van der Waals surface area contributed by atoms with Crippen molar-refractivity contribution >= 4 is 5.65 Å². The summed E-state index contributed by atoms with van der Waals surface area (Å²) in [4.78, 5) is 0. The first-order valence-electron chi connectivity index (χ1n) is 6.32. The van der Waals surface area contributed by atoms with Crippen LogP contribution in [0.5, 0.6) is 0 Å². The van der Waals surface area contributed by atoms with Crippen LogP contribution in [0, 0.1) is 0 Å². The topological polar surface area (TPSA) is 55.1 Å². The Labute approximate surface area is 100 Å². The second-order valence-electron chi connectivity index (χ2n) is 4.61. The summed E-state index contributed by atoms with van der Waals surface area (Å²) in [5, 5.41) is 16.2. The third-order valence-corrected chi connectivity index (χ3v) is 3.33. The fourth-order valence-corrected chi connectivity index (χ4v) is 2.41. The Hall–Kier alpha value is -1.49. The summed E-state index contributed by atoms with van der Waals surface area (Å²) in [6, 6.07) is 4.34. The lowest BCUT2D eigenvalue weighted by atomic mass is 10.1. The Morgan fingerprint density at radius 2 is 2.29 bits per heavy atom. The Balaban J connectivity index is 1.79. The van der Waals surface area contributed by atoms with Gasteiger partial charge in [-0.2, -0.15) is 9.61 Å². The van der Waals surface area contributed by atoms with Gasteiger partial charge in [0.1, 0.15) is 0 Å². The van der Waals surface area contributed by atoms with Gasteiger partial charge in [-0.05, 0) is 31.5 Å². The van der Waals surface area contributed by atoms with Crippen molar-refractivity contribution in [2.45, 2.75) is 38.1 Å². The van der Waals surface area contributed by atoms with E-state index in [2.05, 4.69) is 20.6 Å². The molecule has 1 unspecified atom stereocenters. The summed E-state index contributed by atoms with van der Waals surface area (Å²) in [6.07, 6.45) is 7.85. The van der Waals surface area contributed by atoms with Crippen molar-refractivity contribution < 1.29 is 0 Å². The van der Waals surface area contributed by atoms with Crippen LogP contribution in [0.2, 0.25) is 0 Å². The monoisotopic (exact) mass is 231 g/mol. The number of nitrogens with zero attached hydrogens (tertiary/aromatic N) is 4. The van der Waals surface area contributed by atoms with Gasteiger partial charge >= 0.3 is 0 Å². The van der Waals surface area contributed by atoms with Crippen LogP contribution >= 0.6 is 0 Å². The summed E-state index contributed by atoms with van der Waals surface area (Å²) in [5.74, 6) is 0.958. The normalized spacial score (nSPS) is 21.5. The molecule has 5 heteroatoms. The minimum Gasteiger partial charge on any atom is -0.314 e. The standard InChI is InChI=1S/C12H17N5/c1-2-5-10(13-7-3-1)9-12-16-15-11-6-4-8-14-17(11)12/h4,6,8,10,13H,1-3,5,7,9H2. The molecule has 5 nitrogen and oxygen atoms in total. The van der Waals surface area contributed by atoms with E-state index in [4.69, 9.17) is 0 Å². The lowest BCUT2D eigenvalue weighted by Gasteiger charge is -2.13. The predicted octanol–water partition coefficient (Wildman–Crippen LogP) is 1.20. The Bertz CT molecular complexity index is 484. The van der Waals surface area contributed by atoms with Gasteiger partial charge in [-0.25, -0.2) is 0 Å². The molecule has 0 bridgehead atoms. The van der Waals surface area contributed by atoms with Gasteiger partial charge in [0, 0.05) is 18.7 Å². The van der Waals surface area contributed by atoms with Crippen LogP contribution in [0.15, 0.2) is 18.3 Å². The molecule has 0 radical (unpaired) electrons. The molecular weight excluding hydrogens is 214 g/mol. The van der Waals surface area contributed by atoms with Crippen molar-refractivity contribution in [3.63, 3.8) is 0 Å². The highest BCUT2D eigenvalue weighted by atomic mass is 15.4. The van der Waals surface area contributed by atoms with Crippen molar-refractivity contribution in [3.8, 4) is 0 Å².